The molecule has 2 unspecified atom stereocenters. The van der Waals surface area contributed by atoms with Crippen molar-refractivity contribution in [2.24, 2.45) is 5.41 Å². The molecule has 0 spiro atoms. The number of amides is 1. The summed E-state index contributed by atoms with van der Waals surface area (Å²) in [4.78, 5) is 12.3. The van der Waals surface area contributed by atoms with Gasteiger partial charge in [-0.15, -0.1) is 0 Å². The number of aliphatic hydroxyl groups excluding tert-OH is 1. The first-order valence-corrected chi connectivity index (χ1v) is 8.00. The molecule has 0 aliphatic rings. The third kappa shape index (κ3) is 6.24. The number of halogens is 1. The van der Waals surface area contributed by atoms with Gasteiger partial charge in [-0.25, -0.2) is 0 Å². The maximum Gasteiger partial charge on any atom is 0.261 e. The van der Waals surface area contributed by atoms with E-state index in [-0.39, 0.29) is 11.3 Å². The molecule has 1 aromatic rings. The predicted octanol–water partition coefficient (Wildman–Crippen LogP) is 3.41. The zero-order valence-electron chi connectivity index (χ0n) is 13.7. The van der Waals surface area contributed by atoms with Crippen LogP contribution in [0.2, 0.25) is 5.02 Å². The van der Waals surface area contributed by atoms with Crippen molar-refractivity contribution in [2.45, 2.75) is 52.7 Å². The van der Waals surface area contributed by atoms with E-state index in [2.05, 4.69) is 5.32 Å². The Morgan fingerprint density at radius 1 is 1.41 bits per heavy atom. The zero-order valence-corrected chi connectivity index (χ0v) is 14.5. The van der Waals surface area contributed by atoms with Crippen LogP contribution >= 0.6 is 11.6 Å². The lowest BCUT2D eigenvalue weighted by molar-refractivity contribution is -0.128. The van der Waals surface area contributed by atoms with Gasteiger partial charge in [0.15, 0.2) is 6.10 Å². The smallest absolute Gasteiger partial charge is 0.261 e. The van der Waals surface area contributed by atoms with Crippen molar-refractivity contribution in [3.8, 4) is 5.75 Å². The Hall–Kier alpha value is -1.26. The maximum absolute atomic E-state index is 12.3. The van der Waals surface area contributed by atoms with Gasteiger partial charge in [0.25, 0.3) is 5.91 Å². The van der Waals surface area contributed by atoms with Crippen LogP contribution in [0, 0.1) is 5.41 Å². The van der Waals surface area contributed by atoms with E-state index in [0.29, 0.717) is 30.2 Å². The molecule has 0 fully saturated rings. The molecule has 2 N–H and O–H groups in total. The SMILES string of the molecule is CCC(Oc1ccccc1Cl)C(=O)NCC(C)(C)CC(C)O. The van der Waals surface area contributed by atoms with Crippen LogP contribution in [0.1, 0.15) is 40.5 Å². The van der Waals surface area contributed by atoms with Crippen LogP contribution in [0.15, 0.2) is 24.3 Å². The lowest BCUT2D eigenvalue weighted by Crippen LogP contribution is -2.43. The Morgan fingerprint density at radius 2 is 2.05 bits per heavy atom. The van der Waals surface area contributed by atoms with Gasteiger partial charge >= 0.3 is 0 Å². The molecule has 124 valence electrons. The zero-order chi connectivity index (χ0) is 16.8. The number of benzene rings is 1. The topological polar surface area (TPSA) is 58.6 Å². The van der Waals surface area contributed by atoms with E-state index >= 15 is 0 Å². The fourth-order valence-electron chi connectivity index (χ4n) is 2.33. The van der Waals surface area contributed by atoms with Crippen LogP contribution in [-0.2, 0) is 4.79 Å². The van der Waals surface area contributed by atoms with Gasteiger partial charge in [0, 0.05) is 6.54 Å². The number of nitrogens with one attached hydrogen (secondary N) is 1. The van der Waals surface area contributed by atoms with E-state index in [1.807, 2.05) is 32.9 Å². The van der Waals surface area contributed by atoms with Crippen LogP contribution in [0.4, 0.5) is 0 Å². The van der Waals surface area contributed by atoms with E-state index in [1.54, 1.807) is 19.1 Å². The third-order valence-corrected chi connectivity index (χ3v) is 3.67. The molecule has 4 nitrogen and oxygen atoms in total. The summed E-state index contributed by atoms with van der Waals surface area (Å²) in [5.41, 5.74) is -0.174. The summed E-state index contributed by atoms with van der Waals surface area (Å²) in [7, 11) is 0. The first-order valence-electron chi connectivity index (χ1n) is 7.62. The van der Waals surface area contributed by atoms with Crippen LogP contribution in [-0.4, -0.2) is 29.8 Å². The summed E-state index contributed by atoms with van der Waals surface area (Å²) in [6.07, 6.45) is 0.194. The van der Waals surface area contributed by atoms with Crippen molar-refractivity contribution in [3.63, 3.8) is 0 Å². The van der Waals surface area contributed by atoms with Gasteiger partial charge in [0.05, 0.1) is 11.1 Å². The highest BCUT2D eigenvalue weighted by atomic mass is 35.5. The lowest BCUT2D eigenvalue weighted by atomic mass is 9.87. The highest BCUT2D eigenvalue weighted by molar-refractivity contribution is 6.32. The molecule has 0 bridgehead atoms. The van der Waals surface area contributed by atoms with E-state index < -0.39 is 12.2 Å². The Morgan fingerprint density at radius 3 is 2.59 bits per heavy atom. The maximum atomic E-state index is 12.3. The molecule has 0 heterocycles. The molecule has 0 aromatic heterocycles. The summed E-state index contributed by atoms with van der Waals surface area (Å²) in [5, 5.41) is 12.9. The average Bonchev–Trinajstić information content (AvgIpc) is 2.42. The highest BCUT2D eigenvalue weighted by Crippen LogP contribution is 2.25. The minimum absolute atomic E-state index is 0.166. The van der Waals surface area contributed by atoms with Gasteiger partial charge in [-0.2, -0.15) is 0 Å². The molecule has 1 rings (SSSR count). The second-order valence-electron chi connectivity index (χ2n) is 6.38. The molecule has 0 saturated carbocycles. The quantitative estimate of drug-likeness (QED) is 0.769. The molecule has 1 amide bonds. The number of para-hydroxylation sites is 1. The van der Waals surface area contributed by atoms with Gasteiger partial charge < -0.3 is 15.2 Å². The standard InChI is InChI=1S/C17H26ClNO3/c1-5-14(22-15-9-7-6-8-13(15)18)16(21)19-11-17(3,4)10-12(2)20/h6-9,12,14,20H,5,10-11H2,1-4H3,(H,19,21). The van der Waals surface area contributed by atoms with Crippen LogP contribution in [0.5, 0.6) is 5.75 Å². The first kappa shape index (κ1) is 18.8. The fourth-order valence-corrected chi connectivity index (χ4v) is 2.51. The van der Waals surface area contributed by atoms with Gasteiger partial charge in [0.1, 0.15) is 5.75 Å². The van der Waals surface area contributed by atoms with E-state index in [0.717, 1.165) is 0 Å². The summed E-state index contributed by atoms with van der Waals surface area (Å²) >= 11 is 6.05. The minimum atomic E-state index is -0.581. The van der Waals surface area contributed by atoms with Gasteiger partial charge in [0.2, 0.25) is 0 Å². The second kappa shape index (κ2) is 8.39. The fraction of sp³-hybridized carbons (Fsp3) is 0.588. The first-order chi connectivity index (χ1) is 10.2. The van der Waals surface area contributed by atoms with Gasteiger partial charge in [-0.3, -0.25) is 4.79 Å². The van der Waals surface area contributed by atoms with Crippen LogP contribution in [0.3, 0.4) is 0 Å². The number of aliphatic hydroxyl groups is 1. The molecule has 0 saturated heterocycles. The van der Waals surface area contributed by atoms with Crippen molar-refractivity contribution < 1.29 is 14.6 Å². The average molecular weight is 328 g/mol. The summed E-state index contributed by atoms with van der Waals surface area (Å²) in [5.74, 6) is 0.343. The predicted molar refractivity (Wildman–Crippen MR) is 89.2 cm³/mol. The Labute approximate surface area is 137 Å². The molecule has 1 aromatic carbocycles. The van der Waals surface area contributed by atoms with Gasteiger partial charge in [-0.1, -0.05) is 44.5 Å². The third-order valence-electron chi connectivity index (χ3n) is 3.36. The molecule has 0 radical (unpaired) electrons. The number of hydrogen-bond donors (Lipinski definition) is 2. The van der Waals surface area contributed by atoms with E-state index in [9.17, 15) is 9.90 Å². The monoisotopic (exact) mass is 327 g/mol. The van der Waals surface area contributed by atoms with Gasteiger partial charge in [-0.05, 0) is 37.3 Å². The van der Waals surface area contributed by atoms with E-state index in [1.165, 1.54) is 0 Å². The number of carbonyl (C=O) groups excluding carboxylic acids is 1. The normalized spacial score (nSPS) is 14.3. The van der Waals surface area contributed by atoms with Crippen molar-refractivity contribution >= 4 is 17.5 Å². The molecule has 0 aliphatic heterocycles. The lowest BCUT2D eigenvalue weighted by Gasteiger charge is -2.27. The summed E-state index contributed by atoms with van der Waals surface area (Å²) in [6.45, 7) is 8.14. The largest absolute Gasteiger partial charge is 0.479 e. The number of ether oxygens (including phenoxy) is 1. The van der Waals surface area contributed by atoms with Crippen molar-refractivity contribution in [2.75, 3.05) is 6.54 Å². The van der Waals surface area contributed by atoms with Crippen molar-refractivity contribution in [1.29, 1.82) is 0 Å². The molecular formula is C17H26ClNO3. The molecular weight excluding hydrogens is 302 g/mol. The summed E-state index contributed by atoms with van der Waals surface area (Å²) < 4.78 is 5.71. The Balaban J connectivity index is 2.60. The number of hydrogen-bond acceptors (Lipinski definition) is 3. The van der Waals surface area contributed by atoms with Crippen LogP contribution in [0.25, 0.3) is 0 Å². The molecule has 5 heteroatoms. The van der Waals surface area contributed by atoms with Crippen molar-refractivity contribution in [3.05, 3.63) is 29.3 Å². The second-order valence-corrected chi connectivity index (χ2v) is 6.79. The molecule has 2 atom stereocenters. The Kier molecular flexibility index (Phi) is 7.17. The molecule has 0 aliphatic carbocycles. The summed E-state index contributed by atoms with van der Waals surface area (Å²) in [6, 6.07) is 7.11. The Bertz CT molecular complexity index is 489. The van der Waals surface area contributed by atoms with Crippen molar-refractivity contribution in [1.82, 2.24) is 5.32 Å². The molecule has 22 heavy (non-hydrogen) atoms. The number of carbonyl (C=O) groups is 1. The van der Waals surface area contributed by atoms with E-state index in [4.69, 9.17) is 16.3 Å². The van der Waals surface area contributed by atoms with Crippen LogP contribution < -0.4 is 10.1 Å². The minimum Gasteiger partial charge on any atom is -0.479 e. The highest BCUT2D eigenvalue weighted by Gasteiger charge is 2.24. The number of rotatable bonds is 8.